The minimum Gasteiger partial charge on any atom is -0.380 e. The van der Waals surface area contributed by atoms with Gasteiger partial charge in [0, 0.05) is 32.8 Å². The van der Waals surface area contributed by atoms with Crippen LogP contribution in [0.2, 0.25) is 10.0 Å². The lowest BCUT2D eigenvalue weighted by Gasteiger charge is -2.47. The maximum atomic E-state index is 13.6. The molecule has 35 heavy (non-hydrogen) atoms. The molecule has 0 radical (unpaired) electrons. The first kappa shape index (κ1) is 26.4. The number of hydrogen-bond donors (Lipinski definition) is 0. The molecule has 2 aromatic carbocycles. The summed E-state index contributed by atoms with van der Waals surface area (Å²) < 4.78 is 19.3. The van der Waals surface area contributed by atoms with Crippen LogP contribution in [0.15, 0.2) is 42.5 Å². The summed E-state index contributed by atoms with van der Waals surface area (Å²) in [6, 6.07) is 12.2. The second-order valence-electron chi connectivity index (χ2n) is 9.41. The van der Waals surface area contributed by atoms with E-state index in [1.807, 2.05) is 30.0 Å². The molecule has 0 bridgehead atoms. The Labute approximate surface area is 217 Å². The molecule has 2 aliphatic heterocycles. The van der Waals surface area contributed by atoms with Gasteiger partial charge in [0.05, 0.1) is 35.2 Å². The highest BCUT2D eigenvalue weighted by Crippen LogP contribution is 2.26. The van der Waals surface area contributed by atoms with Crippen LogP contribution in [0.3, 0.4) is 0 Å². The summed E-state index contributed by atoms with van der Waals surface area (Å²) in [6.45, 7) is 8.20. The topological polar surface area (TPSA) is 36.0 Å². The Bertz CT molecular complexity index is 985. The predicted molar refractivity (Wildman–Crippen MR) is 138 cm³/mol. The molecule has 0 saturated carbocycles. The maximum Gasteiger partial charge on any atom is 0.227 e. The van der Waals surface area contributed by atoms with E-state index >= 15 is 0 Å². The third-order valence-corrected chi connectivity index (χ3v) is 7.77. The second kappa shape index (κ2) is 12.5. The number of hydrogen-bond acceptors (Lipinski definition) is 4. The Morgan fingerprint density at radius 1 is 1.03 bits per heavy atom. The van der Waals surface area contributed by atoms with Crippen LogP contribution in [0, 0.1) is 5.82 Å². The number of carbonyl (C=O) groups excluding carboxylic acids is 1. The molecule has 1 amide bonds. The van der Waals surface area contributed by atoms with Crippen molar-refractivity contribution in [3.05, 3.63) is 69.5 Å². The SMILES string of the molecule is CCOC[C@@H]([C@@H]1CN(Cc2ccc(F)cc2)CCN1C(=O)Cc1ccc(Cl)c(Cl)c1)N1CCCC1. The summed E-state index contributed by atoms with van der Waals surface area (Å²) in [6.07, 6.45) is 2.63. The molecule has 0 unspecified atom stereocenters. The van der Waals surface area contributed by atoms with E-state index in [1.54, 1.807) is 12.1 Å². The molecule has 2 heterocycles. The van der Waals surface area contributed by atoms with Crippen LogP contribution in [0.1, 0.15) is 30.9 Å². The molecular formula is C27H34Cl2FN3O2. The highest BCUT2D eigenvalue weighted by Gasteiger charge is 2.39. The van der Waals surface area contributed by atoms with Crippen molar-refractivity contribution in [2.75, 3.05) is 45.9 Å². The van der Waals surface area contributed by atoms with E-state index in [0.29, 0.717) is 29.8 Å². The van der Waals surface area contributed by atoms with E-state index in [2.05, 4.69) is 9.80 Å². The maximum absolute atomic E-state index is 13.6. The minimum atomic E-state index is -0.227. The third-order valence-electron chi connectivity index (χ3n) is 7.03. The monoisotopic (exact) mass is 521 g/mol. The fourth-order valence-electron chi connectivity index (χ4n) is 5.20. The van der Waals surface area contributed by atoms with Crippen LogP contribution >= 0.6 is 23.2 Å². The number of carbonyl (C=O) groups is 1. The highest BCUT2D eigenvalue weighted by molar-refractivity contribution is 6.42. The molecule has 2 aromatic rings. The van der Waals surface area contributed by atoms with E-state index in [0.717, 1.165) is 43.9 Å². The Balaban J connectivity index is 1.54. The van der Waals surface area contributed by atoms with Crippen molar-refractivity contribution in [2.45, 2.75) is 44.8 Å². The van der Waals surface area contributed by atoms with Gasteiger partial charge in [-0.25, -0.2) is 4.39 Å². The lowest BCUT2D eigenvalue weighted by Crippen LogP contribution is -2.63. The van der Waals surface area contributed by atoms with Crippen LogP contribution in [-0.2, 0) is 22.5 Å². The number of piperazine rings is 1. The molecule has 2 atom stereocenters. The van der Waals surface area contributed by atoms with Crippen LogP contribution in [-0.4, -0.2) is 78.6 Å². The van der Waals surface area contributed by atoms with Crippen LogP contribution < -0.4 is 0 Å². The van der Waals surface area contributed by atoms with Gasteiger partial charge in [0.1, 0.15) is 5.82 Å². The molecule has 0 aliphatic carbocycles. The highest BCUT2D eigenvalue weighted by atomic mass is 35.5. The van der Waals surface area contributed by atoms with E-state index in [4.69, 9.17) is 27.9 Å². The zero-order valence-electron chi connectivity index (χ0n) is 20.3. The zero-order chi connectivity index (χ0) is 24.8. The summed E-state index contributed by atoms with van der Waals surface area (Å²) in [5.41, 5.74) is 1.93. The number of halogens is 3. The van der Waals surface area contributed by atoms with Crippen molar-refractivity contribution in [1.29, 1.82) is 0 Å². The normalized spacial score (nSPS) is 20.3. The Morgan fingerprint density at radius 2 is 1.74 bits per heavy atom. The molecule has 5 nitrogen and oxygen atoms in total. The molecule has 8 heteroatoms. The summed E-state index contributed by atoms with van der Waals surface area (Å²) in [4.78, 5) is 20.5. The largest absolute Gasteiger partial charge is 0.380 e. The van der Waals surface area contributed by atoms with E-state index in [-0.39, 0.29) is 30.2 Å². The number of benzene rings is 2. The van der Waals surface area contributed by atoms with Crippen molar-refractivity contribution in [3.63, 3.8) is 0 Å². The number of likely N-dealkylation sites (tertiary alicyclic amines) is 1. The Kier molecular flexibility index (Phi) is 9.42. The molecule has 2 fully saturated rings. The summed E-state index contributed by atoms with van der Waals surface area (Å²) in [5, 5.41) is 0.949. The van der Waals surface area contributed by atoms with Crippen LogP contribution in [0.25, 0.3) is 0 Å². The standard InChI is InChI=1S/C27H34Cl2FN3O2/c1-2-35-19-26(32-11-3-4-12-32)25-18-31(17-20-5-8-22(30)9-6-20)13-14-33(25)27(34)16-21-7-10-23(28)24(29)15-21/h5-10,15,25-26H,2-4,11-14,16-19H2,1H3/t25-,26-/m0/s1. The smallest absolute Gasteiger partial charge is 0.227 e. The van der Waals surface area contributed by atoms with Crippen LogP contribution in [0.5, 0.6) is 0 Å². The van der Waals surface area contributed by atoms with Crippen molar-refractivity contribution in [3.8, 4) is 0 Å². The van der Waals surface area contributed by atoms with Gasteiger partial charge < -0.3 is 9.64 Å². The van der Waals surface area contributed by atoms with E-state index < -0.39 is 0 Å². The van der Waals surface area contributed by atoms with Gasteiger partial charge in [0.25, 0.3) is 0 Å². The Morgan fingerprint density at radius 3 is 2.43 bits per heavy atom. The molecule has 2 saturated heterocycles. The van der Waals surface area contributed by atoms with Crippen molar-refractivity contribution < 1.29 is 13.9 Å². The minimum absolute atomic E-state index is 0.00382. The van der Waals surface area contributed by atoms with Crippen molar-refractivity contribution in [2.24, 2.45) is 0 Å². The quantitative estimate of drug-likeness (QED) is 0.470. The first-order valence-corrected chi connectivity index (χ1v) is 13.2. The first-order chi connectivity index (χ1) is 16.9. The van der Waals surface area contributed by atoms with Gasteiger partial charge in [-0.15, -0.1) is 0 Å². The number of ether oxygens (including phenoxy) is 1. The average molecular weight is 522 g/mol. The van der Waals surface area contributed by atoms with Crippen LogP contribution in [0.4, 0.5) is 4.39 Å². The number of rotatable bonds is 9. The first-order valence-electron chi connectivity index (χ1n) is 12.5. The lowest BCUT2D eigenvalue weighted by molar-refractivity contribution is -0.138. The van der Waals surface area contributed by atoms with Gasteiger partial charge in [-0.05, 0) is 68.2 Å². The number of amides is 1. The van der Waals surface area contributed by atoms with Gasteiger partial charge in [-0.3, -0.25) is 14.6 Å². The Hall–Kier alpha value is -1.70. The van der Waals surface area contributed by atoms with Gasteiger partial charge in [-0.2, -0.15) is 0 Å². The molecule has 4 rings (SSSR count). The van der Waals surface area contributed by atoms with Gasteiger partial charge in [0.15, 0.2) is 0 Å². The molecule has 190 valence electrons. The molecule has 0 aromatic heterocycles. The molecule has 2 aliphatic rings. The van der Waals surface area contributed by atoms with E-state index in [9.17, 15) is 9.18 Å². The molecule has 0 N–H and O–H groups in total. The van der Waals surface area contributed by atoms with Gasteiger partial charge >= 0.3 is 0 Å². The number of nitrogens with zero attached hydrogens (tertiary/aromatic N) is 3. The van der Waals surface area contributed by atoms with Crippen molar-refractivity contribution in [1.82, 2.24) is 14.7 Å². The van der Waals surface area contributed by atoms with Gasteiger partial charge in [-0.1, -0.05) is 41.4 Å². The molecule has 0 spiro atoms. The fourth-order valence-corrected chi connectivity index (χ4v) is 5.52. The second-order valence-corrected chi connectivity index (χ2v) is 10.2. The van der Waals surface area contributed by atoms with Crippen molar-refractivity contribution >= 4 is 29.1 Å². The fraction of sp³-hybridized carbons (Fsp3) is 0.519. The lowest BCUT2D eigenvalue weighted by atomic mass is 10.00. The summed E-state index contributed by atoms with van der Waals surface area (Å²) >= 11 is 12.3. The van der Waals surface area contributed by atoms with Gasteiger partial charge in [0.2, 0.25) is 5.91 Å². The summed E-state index contributed by atoms with van der Waals surface area (Å²) in [7, 11) is 0. The third kappa shape index (κ3) is 6.95. The predicted octanol–water partition coefficient (Wildman–Crippen LogP) is 4.89. The van der Waals surface area contributed by atoms with E-state index in [1.165, 1.54) is 25.0 Å². The zero-order valence-corrected chi connectivity index (χ0v) is 21.8. The average Bonchev–Trinajstić information content (AvgIpc) is 3.38. The summed E-state index contributed by atoms with van der Waals surface area (Å²) in [5.74, 6) is -0.134. The molecular weight excluding hydrogens is 488 g/mol.